The molecule has 0 saturated carbocycles. The van der Waals surface area contributed by atoms with Gasteiger partial charge < -0.3 is 48.8 Å². The van der Waals surface area contributed by atoms with Gasteiger partial charge in [-0.3, -0.25) is 0 Å². The Morgan fingerprint density at radius 1 is 0.927 bits per heavy atom. The summed E-state index contributed by atoms with van der Waals surface area (Å²) < 4.78 is 31.6. The van der Waals surface area contributed by atoms with Crippen LogP contribution in [0.1, 0.15) is 17.5 Å². The number of carboxylic acid groups (broad SMARTS) is 1. The molecule has 218 valence electrons. The molecule has 0 unspecified atom stereocenters. The van der Waals surface area contributed by atoms with Gasteiger partial charge in [0.1, 0.15) is 31.0 Å². The van der Waals surface area contributed by atoms with Gasteiger partial charge in [-0.2, -0.15) is 0 Å². The highest BCUT2D eigenvalue weighted by atomic mass is 16.8. The number of fused-ring (bicyclic) bond motifs is 2. The maximum absolute atomic E-state index is 12.5. The van der Waals surface area contributed by atoms with Crippen LogP contribution < -0.4 is 9.47 Å². The van der Waals surface area contributed by atoms with Crippen LogP contribution in [0.25, 0.3) is 12.2 Å². The van der Waals surface area contributed by atoms with E-state index in [-0.39, 0.29) is 23.0 Å². The Bertz CT molecular complexity index is 1370. The topological polar surface area (TPSA) is 188 Å². The first-order valence-electron chi connectivity index (χ1n) is 12.3. The highest BCUT2D eigenvalue weighted by Gasteiger charge is 2.63. The fraction of sp³-hybridized carbons (Fsp3) is 0.321. The van der Waals surface area contributed by atoms with E-state index in [1.165, 1.54) is 56.7 Å². The average Bonchev–Trinajstić information content (AvgIpc) is 3.29. The number of phenols is 2. The number of carbonyl (C=O) groups excluding carboxylic acids is 2. The molecule has 5 atom stereocenters. The lowest BCUT2D eigenvalue weighted by Gasteiger charge is -2.35. The zero-order chi connectivity index (χ0) is 29.7. The van der Waals surface area contributed by atoms with Gasteiger partial charge in [0, 0.05) is 12.2 Å². The van der Waals surface area contributed by atoms with Crippen LogP contribution in [0.5, 0.6) is 23.0 Å². The Labute approximate surface area is 233 Å². The Kier molecular flexibility index (Phi) is 8.81. The lowest BCUT2D eigenvalue weighted by molar-refractivity contribution is -0.247. The number of carbonyl (C=O) groups is 3. The molecule has 0 aliphatic carbocycles. The number of carboxylic acids is 1. The number of methoxy groups -OCH3 is 2. The average molecular weight is 573 g/mol. The third kappa shape index (κ3) is 6.60. The van der Waals surface area contributed by atoms with Crippen molar-refractivity contribution in [3.63, 3.8) is 0 Å². The van der Waals surface area contributed by atoms with Crippen molar-refractivity contribution in [2.45, 2.75) is 36.6 Å². The monoisotopic (exact) mass is 572 g/mol. The van der Waals surface area contributed by atoms with Crippen LogP contribution in [0.2, 0.25) is 0 Å². The molecular formula is C28H28O13. The van der Waals surface area contributed by atoms with Crippen LogP contribution in [0.4, 0.5) is 0 Å². The minimum atomic E-state index is -2.22. The summed E-state index contributed by atoms with van der Waals surface area (Å²) in [5.41, 5.74) is 1.05. The number of aliphatic hydroxyl groups excluding tert-OH is 1. The molecule has 4 rings (SSSR count). The third-order valence-corrected chi connectivity index (χ3v) is 6.44. The molecule has 2 saturated heterocycles. The van der Waals surface area contributed by atoms with Gasteiger partial charge in [0.05, 0.1) is 20.6 Å². The number of phenolic OH excluding ortho intramolecular Hbond substituents is 2. The quantitative estimate of drug-likeness (QED) is 0.238. The molecule has 0 aromatic heterocycles. The summed E-state index contributed by atoms with van der Waals surface area (Å²) in [5.74, 6) is -5.14. The zero-order valence-corrected chi connectivity index (χ0v) is 22.0. The van der Waals surface area contributed by atoms with Crippen molar-refractivity contribution in [1.29, 1.82) is 0 Å². The Balaban J connectivity index is 1.38. The molecule has 2 fully saturated rings. The van der Waals surface area contributed by atoms with Crippen LogP contribution in [0.3, 0.4) is 0 Å². The van der Waals surface area contributed by atoms with Crippen LogP contribution >= 0.6 is 0 Å². The molecule has 2 aliphatic rings. The molecule has 4 N–H and O–H groups in total. The number of ether oxygens (including phenoxy) is 6. The summed E-state index contributed by atoms with van der Waals surface area (Å²) in [6.07, 6.45) is -0.771. The summed E-state index contributed by atoms with van der Waals surface area (Å²) in [6, 6.07) is 8.83. The van der Waals surface area contributed by atoms with Crippen molar-refractivity contribution in [2.75, 3.05) is 20.8 Å². The van der Waals surface area contributed by atoms with E-state index >= 15 is 0 Å². The summed E-state index contributed by atoms with van der Waals surface area (Å²) in [6.45, 7) is -0.456. The first-order valence-corrected chi connectivity index (χ1v) is 12.3. The maximum atomic E-state index is 12.5. The predicted octanol–water partition coefficient (Wildman–Crippen LogP) is 1.63. The van der Waals surface area contributed by atoms with Crippen LogP contribution in [-0.4, -0.2) is 89.4 Å². The number of aliphatic hydroxyl groups is 1. The lowest BCUT2D eigenvalue weighted by atomic mass is 9.95. The van der Waals surface area contributed by atoms with Gasteiger partial charge in [-0.25, -0.2) is 14.4 Å². The molecule has 0 spiro atoms. The van der Waals surface area contributed by atoms with E-state index in [1.807, 2.05) is 0 Å². The second kappa shape index (κ2) is 12.3. The van der Waals surface area contributed by atoms with E-state index in [0.29, 0.717) is 11.1 Å². The summed E-state index contributed by atoms with van der Waals surface area (Å²) in [4.78, 5) is 36.8. The summed E-state index contributed by atoms with van der Waals surface area (Å²) in [7, 11) is 2.76. The van der Waals surface area contributed by atoms with E-state index in [2.05, 4.69) is 0 Å². The fourth-order valence-corrected chi connectivity index (χ4v) is 4.37. The molecule has 2 bridgehead atoms. The largest absolute Gasteiger partial charge is 0.504 e. The smallest absolute Gasteiger partial charge is 0.364 e. The van der Waals surface area contributed by atoms with Gasteiger partial charge in [-0.1, -0.05) is 12.1 Å². The van der Waals surface area contributed by atoms with Gasteiger partial charge >= 0.3 is 17.9 Å². The fourth-order valence-electron chi connectivity index (χ4n) is 4.37. The third-order valence-electron chi connectivity index (χ3n) is 6.44. The molecule has 0 radical (unpaired) electrons. The number of aromatic hydroxyl groups is 2. The molecule has 2 aromatic rings. The zero-order valence-electron chi connectivity index (χ0n) is 22.0. The highest BCUT2D eigenvalue weighted by Crippen LogP contribution is 2.42. The molecule has 13 nitrogen and oxygen atoms in total. The Morgan fingerprint density at radius 2 is 1.49 bits per heavy atom. The minimum absolute atomic E-state index is 0.0688. The van der Waals surface area contributed by atoms with Gasteiger partial charge in [0.15, 0.2) is 23.0 Å². The molecule has 0 amide bonds. The van der Waals surface area contributed by atoms with Crippen molar-refractivity contribution < 1.29 is 63.2 Å². The van der Waals surface area contributed by atoms with Crippen LogP contribution in [0, 0.1) is 0 Å². The van der Waals surface area contributed by atoms with Crippen LogP contribution in [-0.2, 0) is 33.3 Å². The van der Waals surface area contributed by atoms with Crippen molar-refractivity contribution in [1.82, 2.24) is 0 Å². The SMILES string of the molecule is COc1cc(/C=C/C(=O)OC[C@@H]2O[C@]3(C(=O)O)C[C@H](OC(=O)/C=C/c4ccc(O)c(OC)c4)[C@H](O)[C@H]2O3)ccc1O. The highest BCUT2D eigenvalue weighted by molar-refractivity contribution is 5.88. The number of hydrogen-bond acceptors (Lipinski definition) is 12. The number of hydrogen-bond donors (Lipinski definition) is 4. The van der Waals surface area contributed by atoms with E-state index in [9.17, 15) is 34.8 Å². The Hall–Kier alpha value is -4.59. The first-order chi connectivity index (χ1) is 19.5. The van der Waals surface area contributed by atoms with Gasteiger partial charge in [0.2, 0.25) is 0 Å². The Morgan fingerprint density at radius 3 is 2.02 bits per heavy atom. The second-order valence-electron chi connectivity index (χ2n) is 9.13. The maximum Gasteiger partial charge on any atom is 0.364 e. The van der Waals surface area contributed by atoms with Crippen LogP contribution in [0.15, 0.2) is 48.6 Å². The van der Waals surface area contributed by atoms with Crippen molar-refractivity contribution in [3.8, 4) is 23.0 Å². The van der Waals surface area contributed by atoms with Gasteiger partial charge in [-0.05, 0) is 47.5 Å². The first kappa shape index (κ1) is 29.4. The second-order valence-corrected chi connectivity index (χ2v) is 9.13. The lowest BCUT2D eigenvalue weighted by Crippen LogP contribution is -2.55. The van der Waals surface area contributed by atoms with E-state index in [1.54, 1.807) is 6.07 Å². The number of esters is 2. The molecule has 2 heterocycles. The number of benzene rings is 2. The summed E-state index contributed by atoms with van der Waals surface area (Å²) in [5, 5.41) is 40.0. The standard InChI is InChI=1S/C28H28O13/c1-36-19-11-15(3-7-17(19)29)5-9-23(31)38-14-22-26-25(33)21(13-28(40-22,41-26)27(34)35)39-24(32)10-6-16-4-8-18(30)20(12-16)37-2/h3-12,21-22,25-26,29-30,33H,13-14H2,1-2H3,(H,34,35)/b9-5+,10-6+/t21-,22-,25-,26-,28+/m0/s1. The van der Waals surface area contributed by atoms with Gasteiger partial charge in [-0.15, -0.1) is 0 Å². The van der Waals surface area contributed by atoms with Crippen molar-refractivity contribution in [3.05, 3.63) is 59.7 Å². The van der Waals surface area contributed by atoms with Crippen molar-refractivity contribution >= 4 is 30.1 Å². The van der Waals surface area contributed by atoms with E-state index in [0.717, 1.165) is 12.2 Å². The summed E-state index contributed by atoms with van der Waals surface area (Å²) >= 11 is 0. The van der Waals surface area contributed by atoms with Crippen molar-refractivity contribution in [2.24, 2.45) is 0 Å². The molecule has 41 heavy (non-hydrogen) atoms. The minimum Gasteiger partial charge on any atom is -0.504 e. The molecular weight excluding hydrogens is 544 g/mol. The van der Waals surface area contributed by atoms with E-state index in [4.69, 9.17) is 28.4 Å². The van der Waals surface area contributed by atoms with E-state index < -0.39 is 61.1 Å². The number of aliphatic carboxylic acids is 1. The van der Waals surface area contributed by atoms with Gasteiger partial charge in [0.25, 0.3) is 5.79 Å². The number of rotatable bonds is 10. The molecule has 13 heteroatoms. The normalized spacial score (nSPS) is 25.2. The molecule has 2 aromatic carbocycles. The predicted molar refractivity (Wildman–Crippen MR) is 139 cm³/mol. The molecule has 2 aliphatic heterocycles.